The lowest BCUT2D eigenvalue weighted by molar-refractivity contribution is -0.118. The molecular formula is C10H13NO2S. The summed E-state index contributed by atoms with van der Waals surface area (Å²) in [6.45, 7) is 3.77. The lowest BCUT2D eigenvalue weighted by atomic mass is 10.1. The van der Waals surface area contributed by atoms with Gasteiger partial charge >= 0.3 is 0 Å². The quantitative estimate of drug-likeness (QED) is 0.555. The van der Waals surface area contributed by atoms with E-state index in [2.05, 4.69) is 4.98 Å². The maximum absolute atomic E-state index is 11.5. The van der Waals surface area contributed by atoms with Crippen molar-refractivity contribution in [3.63, 3.8) is 0 Å². The van der Waals surface area contributed by atoms with E-state index in [0.29, 0.717) is 12.1 Å². The summed E-state index contributed by atoms with van der Waals surface area (Å²) in [5.41, 5.74) is 0.428. The summed E-state index contributed by atoms with van der Waals surface area (Å²) in [6.07, 6.45) is 1.27. The van der Waals surface area contributed by atoms with Gasteiger partial charge in [0.1, 0.15) is 11.5 Å². The smallest absolute Gasteiger partial charge is 0.189 e. The third-order valence-electron chi connectivity index (χ3n) is 1.79. The molecular weight excluding hydrogens is 198 g/mol. The Morgan fingerprint density at radius 1 is 1.50 bits per heavy atom. The Labute approximate surface area is 87.2 Å². The molecule has 0 saturated heterocycles. The molecule has 0 unspecified atom stereocenters. The summed E-state index contributed by atoms with van der Waals surface area (Å²) in [6, 6.07) is 0. The Balaban J connectivity index is 2.55. The monoisotopic (exact) mass is 211 g/mol. The topological polar surface area (TPSA) is 47.0 Å². The molecule has 4 heteroatoms. The predicted octanol–water partition coefficient (Wildman–Crippen LogP) is 2.39. The Hall–Kier alpha value is -1.03. The first kappa shape index (κ1) is 11.0. The molecule has 0 atom stereocenters. The third kappa shape index (κ3) is 3.03. The zero-order valence-electron chi connectivity index (χ0n) is 8.37. The van der Waals surface area contributed by atoms with Crippen molar-refractivity contribution in [1.82, 2.24) is 4.98 Å². The molecule has 0 aliphatic heterocycles. The van der Waals surface area contributed by atoms with Gasteiger partial charge in [0.15, 0.2) is 5.78 Å². The number of rotatable bonds is 5. The number of carbonyl (C=O) groups is 2. The number of ketones is 2. The second-order valence-corrected chi connectivity index (χ2v) is 4.20. The number of hydrogen-bond donors (Lipinski definition) is 0. The molecule has 1 heterocycles. The summed E-state index contributed by atoms with van der Waals surface area (Å²) in [7, 11) is 0. The summed E-state index contributed by atoms with van der Waals surface area (Å²) >= 11 is 1.43. The minimum absolute atomic E-state index is 0.00292. The first-order valence-electron chi connectivity index (χ1n) is 4.60. The number of aryl methyl sites for hydroxylation is 1. The highest BCUT2D eigenvalue weighted by atomic mass is 32.1. The fourth-order valence-electron chi connectivity index (χ4n) is 1.13. The first-order valence-corrected chi connectivity index (χ1v) is 5.48. The van der Waals surface area contributed by atoms with Crippen LogP contribution in [0.1, 0.15) is 41.7 Å². The normalized spacial score (nSPS) is 10.1. The van der Waals surface area contributed by atoms with E-state index in [1.807, 2.05) is 13.8 Å². The van der Waals surface area contributed by atoms with Gasteiger partial charge in [-0.1, -0.05) is 6.92 Å². The molecule has 0 amide bonds. The number of carbonyl (C=O) groups excluding carboxylic acids is 2. The van der Waals surface area contributed by atoms with Gasteiger partial charge in [0.05, 0.1) is 11.4 Å². The summed E-state index contributed by atoms with van der Waals surface area (Å²) in [4.78, 5) is 26.7. The maximum atomic E-state index is 11.5. The molecule has 76 valence electrons. The molecule has 1 rings (SSSR count). The van der Waals surface area contributed by atoms with Crippen LogP contribution in [0, 0.1) is 6.92 Å². The molecule has 1 aromatic heterocycles. The molecule has 0 N–H and O–H groups in total. The average molecular weight is 211 g/mol. The van der Waals surface area contributed by atoms with Crippen LogP contribution in [0.3, 0.4) is 0 Å². The highest BCUT2D eigenvalue weighted by molar-refractivity contribution is 7.09. The second kappa shape index (κ2) is 5.00. The zero-order valence-corrected chi connectivity index (χ0v) is 9.19. The van der Waals surface area contributed by atoms with Crippen molar-refractivity contribution >= 4 is 22.9 Å². The lowest BCUT2D eigenvalue weighted by Gasteiger charge is -1.95. The molecule has 0 bridgehead atoms. The Bertz CT molecular complexity index is 344. The van der Waals surface area contributed by atoms with Gasteiger partial charge in [-0.2, -0.15) is 0 Å². The van der Waals surface area contributed by atoms with E-state index < -0.39 is 0 Å². The fourth-order valence-corrected chi connectivity index (χ4v) is 1.75. The van der Waals surface area contributed by atoms with Gasteiger partial charge in [0.25, 0.3) is 0 Å². The van der Waals surface area contributed by atoms with Crippen LogP contribution in [-0.2, 0) is 4.79 Å². The zero-order chi connectivity index (χ0) is 10.6. The van der Waals surface area contributed by atoms with Gasteiger partial charge in [-0.25, -0.2) is 4.98 Å². The average Bonchev–Trinajstić information content (AvgIpc) is 2.52. The fraction of sp³-hybridized carbons (Fsp3) is 0.500. The van der Waals surface area contributed by atoms with E-state index >= 15 is 0 Å². The van der Waals surface area contributed by atoms with E-state index in [1.54, 1.807) is 5.38 Å². The van der Waals surface area contributed by atoms with Crippen LogP contribution < -0.4 is 0 Å². The molecule has 1 aromatic rings. The molecule has 3 nitrogen and oxygen atoms in total. The standard InChI is InChI=1S/C10H13NO2S/c1-3-4-8(12)5-10(13)9-6-14-7(2)11-9/h6H,3-5H2,1-2H3. The van der Waals surface area contributed by atoms with Crippen LogP contribution in [0.15, 0.2) is 5.38 Å². The van der Waals surface area contributed by atoms with E-state index in [1.165, 1.54) is 11.3 Å². The molecule has 14 heavy (non-hydrogen) atoms. The van der Waals surface area contributed by atoms with Crippen LogP contribution in [0.25, 0.3) is 0 Å². The van der Waals surface area contributed by atoms with Crippen molar-refractivity contribution in [1.29, 1.82) is 0 Å². The van der Waals surface area contributed by atoms with Crippen molar-refractivity contribution < 1.29 is 9.59 Å². The minimum atomic E-state index is -0.159. The predicted molar refractivity (Wildman–Crippen MR) is 55.7 cm³/mol. The number of Topliss-reactive ketones (excluding diaryl/α,β-unsaturated/α-hetero) is 2. The molecule has 0 aromatic carbocycles. The minimum Gasteiger partial charge on any atom is -0.299 e. The Morgan fingerprint density at radius 2 is 2.21 bits per heavy atom. The van der Waals surface area contributed by atoms with Gasteiger partial charge in [0, 0.05) is 11.8 Å². The molecule has 0 aliphatic carbocycles. The molecule has 0 aliphatic rings. The van der Waals surface area contributed by atoms with Gasteiger partial charge in [0.2, 0.25) is 0 Å². The lowest BCUT2D eigenvalue weighted by Crippen LogP contribution is -2.08. The number of aromatic nitrogens is 1. The number of thiazole rings is 1. The van der Waals surface area contributed by atoms with Crippen LogP contribution in [0.5, 0.6) is 0 Å². The van der Waals surface area contributed by atoms with Gasteiger partial charge < -0.3 is 0 Å². The maximum Gasteiger partial charge on any atom is 0.189 e. The molecule has 0 radical (unpaired) electrons. The van der Waals surface area contributed by atoms with E-state index in [0.717, 1.165) is 11.4 Å². The Morgan fingerprint density at radius 3 is 2.71 bits per heavy atom. The third-order valence-corrected chi connectivity index (χ3v) is 2.56. The summed E-state index contributed by atoms with van der Waals surface area (Å²) in [5.74, 6) is -0.157. The largest absolute Gasteiger partial charge is 0.299 e. The van der Waals surface area contributed by atoms with Crippen molar-refractivity contribution in [2.24, 2.45) is 0 Å². The Kier molecular flexibility index (Phi) is 3.95. The number of nitrogens with zero attached hydrogens (tertiary/aromatic N) is 1. The molecule has 0 saturated carbocycles. The molecule has 0 spiro atoms. The highest BCUT2D eigenvalue weighted by Gasteiger charge is 2.13. The first-order chi connectivity index (χ1) is 6.63. The van der Waals surface area contributed by atoms with E-state index in [4.69, 9.17) is 0 Å². The van der Waals surface area contributed by atoms with E-state index in [9.17, 15) is 9.59 Å². The summed E-state index contributed by atoms with van der Waals surface area (Å²) in [5, 5.41) is 2.56. The van der Waals surface area contributed by atoms with Gasteiger partial charge in [-0.05, 0) is 13.3 Å². The van der Waals surface area contributed by atoms with Crippen LogP contribution in [0.2, 0.25) is 0 Å². The van der Waals surface area contributed by atoms with Crippen molar-refractivity contribution in [3.05, 3.63) is 16.1 Å². The highest BCUT2D eigenvalue weighted by Crippen LogP contribution is 2.10. The van der Waals surface area contributed by atoms with Crippen LogP contribution in [-0.4, -0.2) is 16.6 Å². The van der Waals surface area contributed by atoms with E-state index in [-0.39, 0.29) is 18.0 Å². The SMILES string of the molecule is CCCC(=O)CC(=O)c1csc(C)n1. The van der Waals surface area contributed by atoms with Gasteiger partial charge in [-0.3, -0.25) is 9.59 Å². The second-order valence-electron chi connectivity index (χ2n) is 3.14. The van der Waals surface area contributed by atoms with Crippen LogP contribution in [0.4, 0.5) is 0 Å². The van der Waals surface area contributed by atoms with Gasteiger partial charge in [-0.15, -0.1) is 11.3 Å². The number of hydrogen-bond acceptors (Lipinski definition) is 4. The van der Waals surface area contributed by atoms with Crippen LogP contribution >= 0.6 is 11.3 Å². The van der Waals surface area contributed by atoms with Crippen molar-refractivity contribution in [2.45, 2.75) is 33.1 Å². The summed E-state index contributed by atoms with van der Waals surface area (Å²) < 4.78 is 0. The molecule has 0 fully saturated rings. The van der Waals surface area contributed by atoms with Crippen molar-refractivity contribution in [3.8, 4) is 0 Å². The van der Waals surface area contributed by atoms with Crippen molar-refractivity contribution in [2.75, 3.05) is 0 Å².